The van der Waals surface area contributed by atoms with Crippen molar-refractivity contribution in [3.8, 4) is 0 Å². The lowest BCUT2D eigenvalue weighted by Gasteiger charge is -2.11. The van der Waals surface area contributed by atoms with Crippen molar-refractivity contribution in [1.82, 2.24) is 5.32 Å². The smallest absolute Gasteiger partial charge is 0.110 e. The molecule has 0 bridgehead atoms. The lowest BCUT2D eigenvalue weighted by Crippen LogP contribution is -2.16. The largest absolute Gasteiger partial charge is 0.294 e. The second-order valence-corrected chi connectivity index (χ2v) is 3.42. The van der Waals surface area contributed by atoms with E-state index in [0.29, 0.717) is 11.6 Å². The Bertz CT molecular complexity index is 286. The van der Waals surface area contributed by atoms with Gasteiger partial charge in [0.2, 0.25) is 0 Å². The topological polar surface area (TPSA) is 12.0 Å². The summed E-state index contributed by atoms with van der Waals surface area (Å²) in [5.41, 5.74) is 0.638. The summed E-state index contributed by atoms with van der Waals surface area (Å²) in [4.78, 5) is 0. The summed E-state index contributed by atoms with van der Waals surface area (Å²) in [5, 5.41) is 3.73. The molecule has 1 atom stereocenters. The molecule has 0 amide bonds. The lowest BCUT2D eigenvalue weighted by atomic mass is 10.2. The van der Waals surface area contributed by atoms with Gasteiger partial charge in [-0.2, -0.15) is 0 Å². The summed E-state index contributed by atoms with van der Waals surface area (Å²) in [6.45, 7) is 4.26. The van der Waals surface area contributed by atoms with Crippen LogP contribution in [0.3, 0.4) is 0 Å². The van der Waals surface area contributed by atoms with Gasteiger partial charge in [0.25, 0.3) is 0 Å². The number of nitrogens with one attached hydrogen (secondary N) is 1. The van der Waals surface area contributed by atoms with Gasteiger partial charge in [-0.3, -0.25) is 5.32 Å². The van der Waals surface area contributed by atoms with E-state index in [1.54, 1.807) is 6.08 Å². The predicted molar refractivity (Wildman–Crippen MR) is 58.2 cm³/mol. The first-order chi connectivity index (χ1) is 6.25. The minimum Gasteiger partial charge on any atom is -0.294 e. The van der Waals surface area contributed by atoms with Crippen LogP contribution in [0.5, 0.6) is 0 Å². The number of rotatable bonds is 4. The van der Waals surface area contributed by atoms with Gasteiger partial charge in [0, 0.05) is 17.1 Å². The second kappa shape index (κ2) is 5.28. The highest BCUT2D eigenvalue weighted by Crippen LogP contribution is 2.24. The van der Waals surface area contributed by atoms with Crippen molar-refractivity contribution in [1.29, 1.82) is 0 Å². The van der Waals surface area contributed by atoms with E-state index >= 15 is 0 Å². The van der Waals surface area contributed by atoms with Crippen LogP contribution in [-0.2, 0) is 0 Å². The third-order valence-corrected chi connectivity index (χ3v) is 2.35. The van der Waals surface area contributed by atoms with Crippen molar-refractivity contribution in [2.75, 3.05) is 6.54 Å². The fourth-order valence-electron chi connectivity index (χ4n) is 0.977. The average molecular weight is 216 g/mol. The summed E-state index contributed by atoms with van der Waals surface area (Å²) >= 11 is 12.0. The first-order valence-electron chi connectivity index (χ1n) is 3.98. The molecule has 13 heavy (non-hydrogen) atoms. The van der Waals surface area contributed by atoms with Crippen LogP contribution in [0.1, 0.15) is 11.1 Å². The van der Waals surface area contributed by atoms with Crippen LogP contribution in [0.15, 0.2) is 36.9 Å². The Morgan fingerprint density at radius 1 is 1.46 bits per heavy atom. The molecule has 0 radical (unpaired) electrons. The fraction of sp³-hybridized carbons (Fsp3) is 0.200. The number of halogens is 2. The van der Waals surface area contributed by atoms with Crippen molar-refractivity contribution in [2.24, 2.45) is 0 Å². The van der Waals surface area contributed by atoms with Crippen LogP contribution in [0.2, 0.25) is 5.02 Å². The van der Waals surface area contributed by atoms with Gasteiger partial charge in [-0.05, 0) is 6.07 Å². The van der Waals surface area contributed by atoms with Gasteiger partial charge in [-0.25, -0.2) is 0 Å². The van der Waals surface area contributed by atoms with Gasteiger partial charge in [0.1, 0.15) is 5.50 Å². The number of benzene rings is 1. The van der Waals surface area contributed by atoms with Crippen molar-refractivity contribution < 1.29 is 0 Å². The molecule has 1 rings (SSSR count). The van der Waals surface area contributed by atoms with Gasteiger partial charge in [0.15, 0.2) is 0 Å². The summed E-state index contributed by atoms with van der Waals surface area (Å²) < 4.78 is 0. The molecule has 3 heteroatoms. The zero-order valence-corrected chi connectivity index (χ0v) is 8.65. The molecule has 1 aromatic rings. The molecule has 0 aliphatic carbocycles. The van der Waals surface area contributed by atoms with Gasteiger partial charge in [0.05, 0.1) is 0 Å². The highest BCUT2D eigenvalue weighted by atomic mass is 35.5. The highest BCUT2D eigenvalue weighted by molar-refractivity contribution is 6.32. The zero-order chi connectivity index (χ0) is 9.68. The van der Waals surface area contributed by atoms with Crippen molar-refractivity contribution in [3.05, 3.63) is 47.5 Å². The molecular formula is C10H11Cl2N. The standard InChI is InChI=1S/C10H11Cl2N/c1-2-7-13-10(12)8-5-3-4-6-9(8)11/h2-6,10,13H,1,7H2. The maximum absolute atomic E-state index is 6.05. The van der Waals surface area contributed by atoms with E-state index in [-0.39, 0.29) is 5.50 Å². The average Bonchev–Trinajstić information content (AvgIpc) is 2.15. The molecule has 0 heterocycles. The van der Waals surface area contributed by atoms with Crippen LogP contribution in [0, 0.1) is 0 Å². The molecule has 0 spiro atoms. The molecular weight excluding hydrogens is 205 g/mol. The molecule has 1 unspecified atom stereocenters. The Kier molecular flexibility index (Phi) is 4.29. The minimum atomic E-state index is -0.258. The predicted octanol–water partition coefficient (Wildman–Crippen LogP) is 3.35. The summed E-state index contributed by atoms with van der Waals surface area (Å²) in [6, 6.07) is 7.51. The van der Waals surface area contributed by atoms with E-state index in [2.05, 4.69) is 11.9 Å². The Balaban J connectivity index is 2.70. The summed E-state index contributed by atoms with van der Waals surface area (Å²) in [5.74, 6) is 0. The monoisotopic (exact) mass is 215 g/mol. The van der Waals surface area contributed by atoms with Crippen molar-refractivity contribution in [2.45, 2.75) is 5.50 Å². The van der Waals surface area contributed by atoms with Crippen LogP contribution in [0.25, 0.3) is 0 Å². The Hall–Kier alpha value is -0.500. The SMILES string of the molecule is C=CCNC(Cl)c1ccccc1Cl. The van der Waals surface area contributed by atoms with Gasteiger partial charge in [-0.1, -0.05) is 35.9 Å². The third-order valence-electron chi connectivity index (χ3n) is 1.62. The van der Waals surface area contributed by atoms with Crippen molar-refractivity contribution in [3.63, 3.8) is 0 Å². The zero-order valence-electron chi connectivity index (χ0n) is 7.13. The molecule has 0 aliphatic rings. The lowest BCUT2D eigenvalue weighted by molar-refractivity contribution is 0.731. The maximum atomic E-state index is 6.05. The van der Waals surface area contributed by atoms with Crippen LogP contribution in [0.4, 0.5) is 0 Å². The summed E-state index contributed by atoms with van der Waals surface area (Å²) in [7, 11) is 0. The van der Waals surface area contributed by atoms with Crippen molar-refractivity contribution >= 4 is 23.2 Å². The molecule has 1 N–H and O–H groups in total. The van der Waals surface area contributed by atoms with Gasteiger partial charge >= 0.3 is 0 Å². The van der Waals surface area contributed by atoms with E-state index in [4.69, 9.17) is 23.2 Å². The third kappa shape index (κ3) is 3.03. The Labute approximate surface area is 88.4 Å². The molecule has 1 nitrogen and oxygen atoms in total. The maximum Gasteiger partial charge on any atom is 0.110 e. The Morgan fingerprint density at radius 3 is 2.77 bits per heavy atom. The second-order valence-electron chi connectivity index (χ2n) is 2.58. The summed E-state index contributed by atoms with van der Waals surface area (Å²) in [6.07, 6.45) is 1.76. The minimum absolute atomic E-state index is 0.258. The normalized spacial score (nSPS) is 12.5. The molecule has 0 aliphatic heterocycles. The molecule has 0 saturated heterocycles. The van der Waals surface area contributed by atoms with Crippen LogP contribution < -0.4 is 5.32 Å². The molecule has 70 valence electrons. The quantitative estimate of drug-likeness (QED) is 0.462. The van der Waals surface area contributed by atoms with Gasteiger partial charge < -0.3 is 0 Å². The first-order valence-corrected chi connectivity index (χ1v) is 4.80. The van der Waals surface area contributed by atoms with Crippen LogP contribution in [-0.4, -0.2) is 6.54 Å². The highest BCUT2D eigenvalue weighted by Gasteiger charge is 2.08. The molecule has 0 aromatic heterocycles. The van der Waals surface area contributed by atoms with E-state index in [0.717, 1.165) is 5.56 Å². The van der Waals surface area contributed by atoms with Crippen LogP contribution >= 0.6 is 23.2 Å². The number of hydrogen-bond acceptors (Lipinski definition) is 1. The van der Waals surface area contributed by atoms with E-state index in [1.807, 2.05) is 24.3 Å². The fourth-order valence-corrected chi connectivity index (χ4v) is 1.56. The van der Waals surface area contributed by atoms with Gasteiger partial charge in [-0.15, -0.1) is 18.2 Å². The number of alkyl halides is 1. The molecule has 1 aromatic carbocycles. The van der Waals surface area contributed by atoms with E-state index in [1.165, 1.54) is 0 Å². The molecule has 0 saturated carbocycles. The molecule has 0 fully saturated rings. The Morgan fingerprint density at radius 2 is 2.15 bits per heavy atom. The number of hydrogen-bond donors (Lipinski definition) is 1. The first kappa shape index (κ1) is 10.6. The van der Waals surface area contributed by atoms with E-state index < -0.39 is 0 Å². The van der Waals surface area contributed by atoms with E-state index in [9.17, 15) is 0 Å².